The predicted molar refractivity (Wildman–Crippen MR) is 136 cm³/mol. The second-order valence-electron chi connectivity index (χ2n) is 9.75. The Hall–Kier alpha value is -3.63. The lowest BCUT2D eigenvalue weighted by Gasteiger charge is -2.33. The van der Waals surface area contributed by atoms with Crippen molar-refractivity contribution in [2.45, 2.75) is 33.6 Å². The number of carboxylic acid groups (broad SMARTS) is 1. The molecule has 1 aromatic rings. The number of benzene rings is 1. The fraction of sp³-hybridized carbons (Fsp3) is 0.333. The molecule has 1 N–H and O–H groups in total. The molecular weight excluding hydrogens is 466 g/mol. The van der Waals surface area contributed by atoms with Crippen molar-refractivity contribution in [3.63, 3.8) is 0 Å². The van der Waals surface area contributed by atoms with Gasteiger partial charge in [0.05, 0.1) is 6.57 Å². The van der Waals surface area contributed by atoms with Crippen LogP contribution in [0.3, 0.4) is 0 Å². The van der Waals surface area contributed by atoms with Gasteiger partial charge < -0.3 is 10.0 Å². The summed E-state index contributed by atoms with van der Waals surface area (Å²) in [6.07, 6.45) is 4.94. The van der Waals surface area contributed by atoms with Gasteiger partial charge in [0.15, 0.2) is 0 Å². The number of hydrogen-bond acceptors (Lipinski definition) is 4. The highest BCUT2D eigenvalue weighted by Crippen LogP contribution is 2.45. The first-order valence-electron chi connectivity index (χ1n) is 11.1. The third-order valence-corrected chi connectivity index (χ3v) is 6.54. The Morgan fingerprint density at radius 2 is 1.80 bits per heavy atom. The van der Waals surface area contributed by atoms with E-state index in [2.05, 4.69) is 18.7 Å². The van der Waals surface area contributed by atoms with Crippen LogP contribution in [0.2, 0.25) is 0 Å². The van der Waals surface area contributed by atoms with Crippen molar-refractivity contribution in [3.05, 3.63) is 80.3 Å². The van der Waals surface area contributed by atoms with E-state index in [-0.39, 0.29) is 22.3 Å². The fourth-order valence-corrected chi connectivity index (χ4v) is 4.57. The molecule has 0 saturated carbocycles. The summed E-state index contributed by atoms with van der Waals surface area (Å²) in [5.41, 5.74) is 3.61. The molecule has 2 aliphatic rings. The molecule has 1 heterocycles. The third kappa shape index (κ3) is 5.55. The average molecular weight is 494 g/mol. The summed E-state index contributed by atoms with van der Waals surface area (Å²) in [7, 11) is 3.95. The van der Waals surface area contributed by atoms with E-state index < -0.39 is 24.3 Å². The lowest BCUT2D eigenvalue weighted by atomic mass is 9.74. The van der Waals surface area contributed by atoms with Crippen LogP contribution in [0.25, 0.3) is 10.9 Å². The van der Waals surface area contributed by atoms with Gasteiger partial charge >= 0.3 is 5.97 Å². The second-order valence-corrected chi connectivity index (χ2v) is 10.1. The Morgan fingerprint density at radius 3 is 2.34 bits per heavy atom. The highest BCUT2D eigenvalue weighted by Gasteiger charge is 2.38. The van der Waals surface area contributed by atoms with E-state index >= 15 is 0 Å². The Kier molecular flexibility index (Phi) is 7.37. The minimum atomic E-state index is -1.34. The van der Waals surface area contributed by atoms with Crippen molar-refractivity contribution in [2.24, 2.45) is 5.41 Å². The van der Waals surface area contributed by atoms with Crippen LogP contribution >= 0.6 is 11.6 Å². The maximum atomic E-state index is 13.1. The summed E-state index contributed by atoms with van der Waals surface area (Å²) in [5, 5.41) is 9.68. The van der Waals surface area contributed by atoms with Crippen LogP contribution in [0, 0.1) is 12.0 Å². The normalized spacial score (nSPS) is 20.5. The van der Waals surface area contributed by atoms with Gasteiger partial charge in [0, 0.05) is 30.4 Å². The number of carbonyl (C=O) groups excluding carboxylic acids is 2. The summed E-state index contributed by atoms with van der Waals surface area (Å²) < 4.78 is 0. The molecule has 0 bridgehead atoms. The van der Waals surface area contributed by atoms with Gasteiger partial charge in [-0.1, -0.05) is 43.7 Å². The molecule has 35 heavy (non-hydrogen) atoms. The maximum Gasteiger partial charge on any atom is 0.323 e. The van der Waals surface area contributed by atoms with Crippen molar-refractivity contribution >= 4 is 41.1 Å². The third-order valence-electron chi connectivity index (χ3n) is 6.06. The molecule has 0 saturated heterocycles. The van der Waals surface area contributed by atoms with Gasteiger partial charge in [-0.25, -0.2) is 4.85 Å². The Labute approximate surface area is 210 Å². The van der Waals surface area contributed by atoms with Crippen LogP contribution in [0.1, 0.15) is 39.2 Å². The van der Waals surface area contributed by atoms with Crippen molar-refractivity contribution in [3.8, 4) is 0 Å². The van der Waals surface area contributed by atoms with Crippen LogP contribution in [-0.4, -0.2) is 48.4 Å². The van der Waals surface area contributed by atoms with E-state index in [1.165, 1.54) is 6.92 Å². The van der Waals surface area contributed by atoms with Crippen molar-refractivity contribution in [1.29, 1.82) is 0 Å². The first kappa shape index (κ1) is 26.0. The Balaban J connectivity index is 2.12. The number of allylic oxidation sites excluding steroid dienone is 4. The average Bonchev–Trinajstić information content (AvgIpc) is 2.77. The number of halogens is 1. The van der Waals surface area contributed by atoms with Crippen LogP contribution in [0.15, 0.2) is 63.4 Å². The molecule has 0 unspecified atom stereocenters. The largest absolute Gasteiger partial charge is 0.480 e. The predicted octanol–water partition coefficient (Wildman–Crippen LogP) is 5.02. The zero-order valence-corrected chi connectivity index (χ0v) is 21.2. The van der Waals surface area contributed by atoms with Gasteiger partial charge in [-0.05, 0) is 65.7 Å². The smallest absolute Gasteiger partial charge is 0.323 e. The number of rotatable bonds is 5. The van der Waals surface area contributed by atoms with Crippen molar-refractivity contribution < 1.29 is 19.5 Å². The number of carbonyl (C=O) groups is 3. The number of carboxylic acids is 1. The van der Waals surface area contributed by atoms with E-state index in [0.29, 0.717) is 21.9 Å². The standard InChI is InChI=1S/C27H28ClN3O4/c1-16-21(25(34)31(15-22(32)33)26(35)24(16)29-4)12-19-14-27(2,3)13-18(23(19)28)11-17-7-9-20(10-8-17)30(5)6/h7-12H,13-15H2,1-3,5-6H3,(H,32,33)/b18-11+,21-12-. The minimum absolute atomic E-state index is 0.109. The van der Waals surface area contributed by atoms with Gasteiger partial charge in [-0.15, -0.1) is 0 Å². The quantitative estimate of drug-likeness (QED) is 0.354. The molecule has 182 valence electrons. The summed E-state index contributed by atoms with van der Waals surface area (Å²) >= 11 is 6.84. The van der Waals surface area contributed by atoms with Crippen molar-refractivity contribution in [1.82, 2.24) is 4.90 Å². The lowest BCUT2D eigenvalue weighted by Crippen LogP contribution is -2.45. The topological polar surface area (TPSA) is 82.3 Å². The molecule has 1 aliphatic carbocycles. The van der Waals surface area contributed by atoms with E-state index in [1.807, 2.05) is 49.3 Å². The molecule has 0 aromatic heterocycles. The van der Waals surface area contributed by atoms with Gasteiger partial charge in [0.1, 0.15) is 6.54 Å². The van der Waals surface area contributed by atoms with E-state index in [4.69, 9.17) is 23.3 Å². The maximum absolute atomic E-state index is 13.1. The second kappa shape index (κ2) is 9.93. The molecule has 1 aromatic carbocycles. The van der Waals surface area contributed by atoms with Crippen LogP contribution in [0.4, 0.5) is 5.69 Å². The Bertz CT molecular complexity index is 1260. The molecular formula is C27H28ClN3O4. The zero-order valence-electron chi connectivity index (χ0n) is 20.5. The highest BCUT2D eigenvalue weighted by atomic mass is 35.5. The SMILES string of the molecule is [C-]#[N+]C1=C(C)/C(=C/C2=C(Cl)C(=C/c3ccc(N(C)C)cc3)/CC(C)(C)C2)C(=O)N(CC(=O)O)C1=O. The summed E-state index contributed by atoms with van der Waals surface area (Å²) in [4.78, 5) is 42.8. The highest BCUT2D eigenvalue weighted by molar-refractivity contribution is 6.33. The summed E-state index contributed by atoms with van der Waals surface area (Å²) in [5.74, 6) is -2.98. The zero-order chi connectivity index (χ0) is 26.1. The molecule has 0 radical (unpaired) electrons. The van der Waals surface area contributed by atoms with E-state index in [0.717, 1.165) is 23.2 Å². The van der Waals surface area contributed by atoms with Crippen LogP contribution in [0.5, 0.6) is 0 Å². The number of aliphatic carboxylic acids is 1. The van der Waals surface area contributed by atoms with E-state index in [9.17, 15) is 14.4 Å². The monoisotopic (exact) mass is 493 g/mol. The lowest BCUT2D eigenvalue weighted by molar-refractivity contribution is -0.149. The van der Waals surface area contributed by atoms with Gasteiger partial charge in [-0.3, -0.25) is 19.3 Å². The molecule has 8 heteroatoms. The van der Waals surface area contributed by atoms with E-state index in [1.54, 1.807) is 6.08 Å². The van der Waals surface area contributed by atoms with Gasteiger partial charge in [-0.2, -0.15) is 0 Å². The molecule has 0 fully saturated rings. The number of hydrogen-bond donors (Lipinski definition) is 1. The molecule has 0 atom stereocenters. The van der Waals surface area contributed by atoms with Crippen molar-refractivity contribution in [2.75, 3.05) is 25.5 Å². The van der Waals surface area contributed by atoms with Gasteiger partial charge in [0.25, 0.3) is 17.5 Å². The summed E-state index contributed by atoms with van der Waals surface area (Å²) in [6.45, 7) is 12.3. The minimum Gasteiger partial charge on any atom is -0.480 e. The van der Waals surface area contributed by atoms with Gasteiger partial charge in [0.2, 0.25) is 0 Å². The molecule has 7 nitrogen and oxygen atoms in total. The molecule has 3 rings (SSSR count). The molecule has 0 spiro atoms. The van der Waals surface area contributed by atoms with Crippen LogP contribution < -0.4 is 4.90 Å². The number of imide groups is 1. The first-order valence-corrected chi connectivity index (χ1v) is 11.5. The first-order chi connectivity index (χ1) is 16.3. The Morgan fingerprint density at radius 1 is 1.17 bits per heavy atom. The number of nitrogens with zero attached hydrogens (tertiary/aromatic N) is 3. The number of amides is 2. The van der Waals surface area contributed by atoms with Crippen LogP contribution in [-0.2, 0) is 14.4 Å². The summed E-state index contributed by atoms with van der Waals surface area (Å²) in [6, 6.07) is 8.08. The fourth-order valence-electron chi connectivity index (χ4n) is 4.32. The molecule has 1 aliphatic heterocycles. The molecule has 2 amide bonds. The number of anilines is 1.